The molecule has 3 heterocycles. The van der Waals surface area contributed by atoms with Crippen molar-refractivity contribution in [2.24, 2.45) is 0 Å². The van der Waals surface area contributed by atoms with Crippen molar-refractivity contribution in [1.29, 1.82) is 0 Å². The quantitative estimate of drug-likeness (QED) is 0.615. The number of anilines is 2. The van der Waals surface area contributed by atoms with E-state index in [0.29, 0.717) is 5.92 Å². The first kappa shape index (κ1) is 18.3. The Labute approximate surface area is 182 Å². The normalized spacial score (nSPS) is 26.9. The van der Waals surface area contributed by atoms with Crippen molar-refractivity contribution >= 4 is 23.1 Å². The summed E-state index contributed by atoms with van der Waals surface area (Å²) >= 11 is 6.52. The predicted octanol–water partition coefficient (Wildman–Crippen LogP) is 5.30. The van der Waals surface area contributed by atoms with Gasteiger partial charge in [0.1, 0.15) is 12.1 Å². The van der Waals surface area contributed by atoms with E-state index >= 15 is 0 Å². The number of aryl methyl sites for hydroxylation is 1. The van der Waals surface area contributed by atoms with Gasteiger partial charge in [-0.25, -0.2) is 9.97 Å². The Morgan fingerprint density at radius 2 is 2.00 bits per heavy atom. The topological polar surface area (TPSA) is 41.1 Å². The molecule has 0 unspecified atom stereocenters. The van der Waals surface area contributed by atoms with E-state index in [9.17, 15) is 0 Å². The molecule has 5 heteroatoms. The van der Waals surface area contributed by atoms with Crippen LogP contribution in [0, 0.1) is 0 Å². The average molecular weight is 417 g/mol. The second kappa shape index (κ2) is 6.79. The van der Waals surface area contributed by atoms with Crippen LogP contribution in [0.1, 0.15) is 54.1 Å². The predicted molar refractivity (Wildman–Crippen MR) is 121 cm³/mol. The van der Waals surface area contributed by atoms with E-state index in [1.807, 2.05) is 6.07 Å². The zero-order valence-corrected chi connectivity index (χ0v) is 17.9. The van der Waals surface area contributed by atoms with E-state index in [0.717, 1.165) is 43.2 Å². The van der Waals surface area contributed by atoms with Gasteiger partial charge in [0, 0.05) is 40.0 Å². The fourth-order valence-electron chi connectivity index (χ4n) is 5.94. The molecule has 0 amide bonds. The highest BCUT2D eigenvalue weighted by atomic mass is 35.5. The second-order valence-corrected chi connectivity index (χ2v) is 9.39. The van der Waals surface area contributed by atoms with Crippen molar-refractivity contribution in [3.8, 4) is 0 Å². The largest absolute Gasteiger partial charge is 0.325 e. The number of fused-ring (bicyclic) bond motifs is 3. The Bertz CT molecular complexity index is 1120. The average Bonchev–Trinajstić information content (AvgIpc) is 3.46. The number of hydrogen-bond donors (Lipinski definition) is 1. The van der Waals surface area contributed by atoms with E-state index in [1.165, 1.54) is 28.1 Å². The number of nitrogens with zero attached hydrogens (tertiary/aromatic N) is 3. The highest BCUT2D eigenvalue weighted by Gasteiger charge is 2.52. The van der Waals surface area contributed by atoms with Crippen molar-refractivity contribution in [2.75, 3.05) is 18.0 Å². The summed E-state index contributed by atoms with van der Waals surface area (Å²) in [5.74, 6) is 1.58. The zero-order chi connectivity index (χ0) is 20.3. The van der Waals surface area contributed by atoms with Crippen LogP contribution >= 0.6 is 11.6 Å². The minimum absolute atomic E-state index is 0.0265. The second-order valence-electron chi connectivity index (χ2n) is 8.95. The third-order valence-corrected chi connectivity index (χ3v) is 7.57. The van der Waals surface area contributed by atoms with Crippen LogP contribution in [0.2, 0.25) is 5.02 Å². The number of nitrogens with one attached hydrogen (secondary N) is 1. The Morgan fingerprint density at radius 3 is 2.87 bits per heavy atom. The lowest BCUT2D eigenvalue weighted by Gasteiger charge is -2.33. The van der Waals surface area contributed by atoms with E-state index in [-0.39, 0.29) is 11.5 Å². The zero-order valence-electron chi connectivity index (χ0n) is 17.1. The number of aromatic nitrogens is 2. The highest BCUT2D eigenvalue weighted by Crippen LogP contribution is 2.55. The van der Waals surface area contributed by atoms with Gasteiger partial charge < -0.3 is 10.2 Å². The molecule has 3 aliphatic rings. The molecular formula is C25H25ClN4. The summed E-state index contributed by atoms with van der Waals surface area (Å²) in [5.41, 5.74) is 6.44. The maximum absolute atomic E-state index is 6.52. The molecule has 1 aliphatic carbocycles. The molecule has 0 radical (unpaired) electrons. The molecule has 1 saturated heterocycles. The van der Waals surface area contributed by atoms with Crippen LogP contribution < -0.4 is 10.2 Å². The first-order chi connectivity index (χ1) is 14.7. The molecule has 152 valence electrons. The first-order valence-corrected chi connectivity index (χ1v) is 11.2. The molecular weight excluding hydrogens is 392 g/mol. The molecule has 30 heavy (non-hydrogen) atoms. The van der Waals surface area contributed by atoms with Gasteiger partial charge in [-0.15, -0.1) is 0 Å². The fourth-order valence-corrected chi connectivity index (χ4v) is 6.12. The standard InChI is InChI=1S/C25H25ClN4/c1-16-7-9-20-22(16)24(29-15-28-20)30-14-25(19-13-18(26)8-10-21(19)30)11-12-27-23(25)17-5-3-2-4-6-17/h2-6,8,10,13,15-16,23,27H,7,9,11-12,14H2,1H3/t16-,23+,25-/m1/s1. The van der Waals surface area contributed by atoms with Gasteiger partial charge in [0.2, 0.25) is 0 Å². The van der Waals surface area contributed by atoms with Gasteiger partial charge in [-0.3, -0.25) is 0 Å². The Balaban J connectivity index is 1.53. The van der Waals surface area contributed by atoms with Crippen molar-refractivity contribution in [3.05, 3.63) is 82.3 Å². The summed E-state index contributed by atoms with van der Waals surface area (Å²) in [6.07, 6.45) is 5.03. The van der Waals surface area contributed by atoms with Gasteiger partial charge in [-0.2, -0.15) is 0 Å². The lowest BCUT2D eigenvalue weighted by molar-refractivity contribution is 0.404. The molecule has 4 nitrogen and oxygen atoms in total. The van der Waals surface area contributed by atoms with Crippen LogP contribution in [0.15, 0.2) is 54.9 Å². The van der Waals surface area contributed by atoms with Crippen LogP contribution in [0.5, 0.6) is 0 Å². The van der Waals surface area contributed by atoms with Crippen molar-refractivity contribution < 1.29 is 0 Å². The van der Waals surface area contributed by atoms with Gasteiger partial charge in [0.15, 0.2) is 0 Å². The summed E-state index contributed by atoms with van der Waals surface area (Å²) in [5, 5.41) is 4.60. The summed E-state index contributed by atoms with van der Waals surface area (Å²) in [6.45, 7) is 4.21. The SMILES string of the molecule is C[C@@H]1CCc2ncnc(N3C[C@]4(CCN[C@H]4c4ccccc4)c4cc(Cl)ccc43)c21. The Kier molecular flexibility index (Phi) is 4.15. The van der Waals surface area contributed by atoms with E-state index in [1.54, 1.807) is 6.33 Å². The summed E-state index contributed by atoms with van der Waals surface area (Å²) in [7, 11) is 0. The molecule has 0 bridgehead atoms. The monoisotopic (exact) mass is 416 g/mol. The number of benzene rings is 2. The van der Waals surface area contributed by atoms with Gasteiger partial charge in [-0.1, -0.05) is 48.9 Å². The van der Waals surface area contributed by atoms with E-state index in [2.05, 4.69) is 64.6 Å². The van der Waals surface area contributed by atoms with Crippen molar-refractivity contribution in [3.63, 3.8) is 0 Å². The van der Waals surface area contributed by atoms with Crippen LogP contribution in [-0.2, 0) is 11.8 Å². The summed E-state index contributed by atoms with van der Waals surface area (Å²) < 4.78 is 0. The smallest absolute Gasteiger partial charge is 0.140 e. The molecule has 3 aromatic rings. The minimum Gasteiger partial charge on any atom is -0.325 e. The molecule has 0 saturated carbocycles. The van der Waals surface area contributed by atoms with E-state index < -0.39 is 0 Å². The third-order valence-electron chi connectivity index (χ3n) is 7.34. The van der Waals surface area contributed by atoms with Crippen molar-refractivity contribution in [2.45, 2.75) is 43.6 Å². The number of halogens is 1. The highest BCUT2D eigenvalue weighted by molar-refractivity contribution is 6.30. The van der Waals surface area contributed by atoms with Gasteiger partial charge >= 0.3 is 0 Å². The Hall–Kier alpha value is -2.43. The van der Waals surface area contributed by atoms with E-state index in [4.69, 9.17) is 16.6 Å². The number of rotatable bonds is 2. The molecule has 2 aromatic carbocycles. The summed E-state index contributed by atoms with van der Waals surface area (Å²) in [6, 6.07) is 17.5. The maximum Gasteiger partial charge on any atom is 0.140 e. The lowest BCUT2D eigenvalue weighted by Crippen LogP contribution is -2.37. The molecule has 1 aromatic heterocycles. The van der Waals surface area contributed by atoms with Crippen LogP contribution in [0.25, 0.3) is 0 Å². The van der Waals surface area contributed by atoms with Crippen LogP contribution in [0.4, 0.5) is 11.5 Å². The van der Waals surface area contributed by atoms with Crippen LogP contribution in [-0.4, -0.2) is 23.1 Å². The van der Waals surface area contributed by atoms with Crippen LogP contribution in [0.3, 0.4) is 0 Å². The fraction of sp³-hybridized carbons (Fsp3) is 0.360. The molecule has 1 N–H and O–H groups in total. The minimum atomic E-state index is -0.0265. The van der Waals surface area contributed by atoms with Gasteiger partial charge in [-0.05, 0) is 61.1 Å². The molecule has 3 atom stereocenters. The first-order valence-electron chi connectivity index (χ1n) is 10.9. The number of hydrogen-bond acceptors (Lipinski definition) is 4. The Morgan fingerprint density at radius 1 is 1.13 bits per heavy atom. The summed E-state index contributed by atoms with van der Waals surface area (Å²) in [4.78, 5) is 11.9. The van der Waals surface area contributed by atoms with Gasteiger partial charge in [0.25, 0.3) is 0 Å². The molecule has 6 rings (SSSR count). The maximum atomic E-state index is 6.52. The molecule has 1 spiro atoms. The lowest BCUT2D eigenvalue weighted by atomic mass is 9.73. The molecule has 2 aliphatic heterocycles. The molecule has 1 fully saturated rings. The van der Waals surface area contributed by atoms with Gasteiger partial charge in [0.05, 0.1) is 0 Å². The van der Waals surface area contributed by atoms with Crippen molar-refractivity contribution in [1.82, 2.24) is 15.3 Å². The third kappa shape index (κ3) is 2.57.